The van der Waals surface area contributed by atoms with Crippen molar-refractivity contribution < 1.29 is 17.6 Å². The van der Waals surface area contributed by atoms with E-state index in [-0.39, 0.29) is 43.5 Å². The number of hydrogen-bond acceptors (Lipinski definition) is 4. The lowest BCUT2D eigenvalue weighted by molar-refractivity contribution is 0.0718. The molecule has 2 atom stereocenters. The average Bonchev–Trinajstić information content (AvgIpc) is 3.02. The standard InChI is InChI=1S/C24H27Cl3FN3O3S/c1-24(2,3)29(4)35(33,34)17-10-20(26)22(27)21(11-17)31-15-6-7-16(31)13-30(12-15)23(32)18-8-5-14(28)9-19(18)25/h5,8-11,15-16H,6-7,12-13H2,1-4H3. The molecule has 0 saturated carbocycles. The first-order chi connectivity index (χ1) is 16.2. The molecule has 0 aliphatic carbocycles. The SMILES string of the molecule is CN(C(C)(C)C)S(=O)(=O)c1cc(Cl)c(Cl)c(N2C3CCC2CN(C(=O)c2ccc(F)cc2Cl)C3)c1. The zero-order valence-electron chi connectivity index (χ0n) is 19.9. The molecule has 4 rings (SSSR count). The molecule has 2 saturated heterocycles. The second-order valence-electron chi connectivity index (χ2n) is 10.0. The van der Waals surface area contributed by atoms with E-state index in [9.17, 15) is 17.6 Å². The quantitative estimate of drug-likeness (QED) is 0.480. The summed E-state index contributed by atoms with van der Waals surface area (Å²) in [6.45, 7) is 6.23. The average molecular weight is 563 g/mol. The van der Waals surface area contributed by atoms with Gasteiger partial charge >= 0.3 is 0 Å². The van der Waals surface area contributed by atoms with Crippen molar-refractivity contribution in [3.05, 3.63) is 56.8 Å². The molecule has 11 heteroatoms. The molecule has 2 aromatic carbocycles. The zero-order valence-corrected chi connectivity index (χ0v) is 22.9. The predicted molar refractivity (Wildman–Crippen MR) is 138 cm³/mol. The number of halogens is 4. The highest BCUT2D eigenvalue weighted by atomic mass is 35.5. The minimum atomic E-state index is -3.83. The first-order valence-corrected chi connectivity index (χ1v) is 13.8. The molecular formula is C24H27Cl3FN3O3S. The van der Waals surface area contributed by atoms with Gasteiger partial charge in [-0.25, -0.2) is 12.8 Å². The number of piperazine rings is 1. The molecule has 1 amide bonds. The molecule has 35 heavy (non-hydrogen) atoms. The topological polar surface area (TPSA) is 60.9 Å². The number of likely N-dealkylation sites (tertiary alicyclic amines) is 1. The van der Waals surface area contributed by atoms with E-state index in [4.69, 9.17) is 34.8 Å². The minimum Gasteiger partial charge on any atom is -0.361 e. The Kier molecular flexibility index (Phi) is 7.10. The third-order valence-electron chi connectivity index (χ3n) is 6.79. The van der Waals surface area contributed by atoms with E-state index in [1.807, 2.05) is 20.8 Å². The van der Waals surface area contributed by atoms with Gasteiger partial charge in [-0.3, -0.25) is 4.79 Å². The van der Waals surface area contributed by atoms with Crippen molar-refractivity contribution in [2.45, 2.75) is 56.1 Å². The van der Waals surface area contributed by atoms with Gasteiger partial charge in [-0.05, 0) is 63.9 Å². The Bertz CT molecular complexity index is 1270. The van der Waals surface area contributed by atoms with Crippen molar-refractivity contribution in [2.75, 3.05) is 25.0 Å². The van der Waals surface area contributed by atoms with Crippen molar-refractivity contribution in [1.29, 1.82) is 0 Å². The lowest BCUT2D eigenvalue weighted by Crippen LogP contribution is -2.55. The molecule has 2 aromatic rings. The Hall–Kier alpha value is -1.58. The van der Waals surface area contributed by atoms with E-state index in [0.29, 0.717) is 18.8 Å². The first-order valence-electron chi connectivity index (χ1n) is 11.2. The summed E-state index contributed by atoms with van der Waals surface area (Å²) in [6.07, 6.45) is 1.61. The molecule has 2 bridgehead atoms. The van der Waals surface area contributed by atoms with Crippen molar-refractivity contribution in [2.24, 2.45) is 0 Å². The van der Waals surface area contributed by atoms with Gasteiger partial charge in [0.15, 0.2) is 0 Å². The molecule has 2 aliphatic rings. The first kappa shape index (κ1) is 26.5. The number of benzene rings is 2. The Morgan fingerprint density at radius 3 is 2.17 bits per heavy atom. The third-order valence-corrected chi connectivity index (χ3v) is 10.00. The third kappa shape index (κ3) is 4.88. The van der Waals surface area contributed by atoms with E-state index in [2.05, 4.69) is 4.90 Å². The fraction of sp³-hybridized carbons (Fsp3) is 0.458. The van der Waals surface area contributed by atoms with Crippen LogP contribution in [0, 0.1) is 5.82 Å². The summed E-state index contributed by atoms with van der Waals surface area (Å²) in [7, 11) is -2.29. The van der Waals surface area contributed by atoms with Gasteiger partial charge in [0.2, 0.25) is 10.0 Å². The van der Waals surface area contributed by atoms with Gasteiger partial charge in [0, 0.05) is 37.8 Å². The summed E-state index contributed by atoms with van der Waals surface area (Å²) >= 11 is 19.1. The second kappa shape index (κ2) is 9.38. The van der Waals surface area contributed by atoms with Gasteiger partial charge in [-0.2, -0.15) is 4.31 Å². The van der Waals surface area contributed by atoms with Crippen LogP contribution in [0.3, 0.4) is 0 Å². The largest absolute Gasteiger partial charge is 0.361 e. The number of carbonyl (C=O) groups excluding carboxylic acids is 1. The molecule has 6 nitrogen and oxygen atoms in total. The van der Waals surface area contributed by atoms with Crippen LogP contribution < -0.4 is 4.90 Å². The maximum atomic E-state index is 13.4. The van der Waals surface area contributed by atoms with Gasteiger partial charge in [0.25, 0.3) is 5.91 Å². The van der Waals surface area contributed by atoms with E-state index in [0.717, 1.165) is 18.9 Å². The van der Waals surface area contributed by atoms with Crippen LogP contribution >= 0.6 is 34.8 Å². The van der Waals surface area contributed by atoms with Crippen LogP contribution in [0.4, 0.5) is 10.1 Å². The van der Waals surface area contributed by atoms with Crippen LogP contribution in [0.15, 0.2) is 35.2 Å². The highest BCUT2D eigenvalue weighted by molar-refractivity contribution is 7.89. The fourth-order valence-electron chi connectivity index (χ4n) is 4.70. The molecule has 2 heterocycles. The monoisotopic (exact) mass is 561 g/mol. The Morgan fingerprint density at radius 2 is 1.63 bits per heavy atom. The van der Waals surface area contributed by atoms with Crippen molar-refractivity contribution >= 4 is 56.4 Å². The minimum absolute atomic E-state index is 0.0651. The van der Waals surface area contributed by atoms with Gasteiger partial charge in [0.05, 0.1) is 31.2 Å². The predicted octanol–water partition coefficient (Wildman–Crippen LogP) is 5.70. The Balaban J connectivity index is 1.66. The summed E-state index contributed by atoms with van der Waals surface area (Å²) in [5.41, 5.74) is 0.164. The maximum Gasteiger partial charge on any atom is 0.255 e. The fourth-order valence-corrected chi connectivity index (χ4v) is 7.00. The van der Waals surface area contributed by atoms with Crippen molar-refractivity contribution in [3.63, 3.8) is 0 Å². The normalized spacial score (nSPS) is 20.6. The highest BCUT2D eigenvalue weighted by Gasteiger charge is 2.43. The van der Waals surface area contributed by atoms with E-state index < -0.39 is 21.4 Å². The number of nitrogens with zero attached hydrogens (tertiary/aromatic N) is 3. The molecule has 0 aromatic heterocycles. The molecule has 2 aliphatic heterocycles. The van der Waals surface area contributed by atoms with Crippen LogP contribution in [0.25, 0.3) is 0 Å². The van der Waals surface area contributed by atoms with Crippen LogP contribution in [0.5, 0.6) is 0 Å². The summed E-state index contributed by atoms with van der Waals surface area (Å²) in [5, 5.41) is 0.504. The van der Waals surface area contributed by atoms with Gasteiger partial charge < -0.3 is 9.80 Å². The lowest BCUT2D eigenvalue weighted by Gasteiger charge is -2.43. The molecule has 0 spiro atoms. The molecule has 2 unspecified atom stereocenters. The molecule has 0 radical (unpaired) electrons. The summed E-state index contributed by atoms with van der Waals surface area (Å²) in [4.78, 5) is 17.0. The number of hydrogen-bond donors (Lipinski definition) is 0. The summed E-state index contributed by atoms with van der Waals surface area (Å²) in [5.74, 6) is -0.770. The summed E-state index contributed by atoms with van der Waals surface area (Å²) < 4.78 is 41.4. The number of fused-ring (bicyclic) bond motifs is 2. The summed E-state index contributed by atoms with van der Waals surface area (Å²) in [6, 6.07) is 6.53. The van der Waals surface area contributed by atoms with Gasteiger partial charge in [-0.1, -0.05) is 34.8 Å². The van der Waals surface area contributed by atoms with Gasteiger partial charge in [-0.15, -0.1) is 0 Å². The number of anilines is 1. The van der Waals surface area contributed by atoms with Crippen molar-refractivity contribution in [1.82, 2.24) is 9.21 Å². The molecule has 0 N–H and O–H groups in total. The molecule has 190 valence electrons. The second-order valence-corrected chi connectivity index (χ2v) is 13.2. The van der Waals surface area contributed by atoms with Gasteiger partial charge in [0.1, 0.15) is 5.82 Å². The molecule has 2 fully saturated rings. The number of sulfonamides is 1. The smallest absolute Gasteiger partial charge is 0.255 e. The van der Waals surface area contributed by atoms with Crippen LogP contribution in [0.2, 0.25) is 15.1 Å². The number of amides is 1. The van der Waals surface area contributed by atoms with Crippen LogP contribution in [-0.2, 0) is 10.0 Å². The van der Waals surface area contributed by atoms with Crippen LogP contribution in [0.1, 0.15) is 44.0 Å². The van der Waals surface area contributed by atoms with Crippen molar-refractivity contribution in [3.8, 4) is 0 Å². The van der Waals surface area contributed by atoms with E-state index in [1.165, 1.54) is 29.6 Å². The number of rotatable bonds is 4. The number of carbonyl (C=O) groups is 1. The maximum absolute atomic E-state index is 13.4. The Morgan fingerprint density at radius 1 is 1.03 bits per heavy atom. The molecular weight excluding hydrogens is 536 g/mol. The zero-order chi connectivity index (χ0) is 25.9. The van der Waals surface area contributed by atoms with E-state index in [1.54, 1.807) is 11.0 Å². The van der Waals surface area contributed by atoms with Crippen LogP contribution in [-0.4, -0.2) is 61.3 Å². The van der Waals surface area contributed by atoms with E-state index >= 15 is 0 Å². The highest BCUT2D eigenvalue weighted by Crippen LogP contribution is 2.43. The Labute approximate surface area is 220 Å². The lowest BCUT2D eigenvalue weighted by atomic mass is 10.1.